The summed E-state index contributed by atoms with van der Waals surface area (Å²) in [7, 11) is 0. The molecule has 1 aromatic carbocycles. The lowest BCUT2D eigenvalue weighted by Gasteiger charge is -1.95. The monoisotopic (exact) mass is 243 g/mol. The van der Waals surface area contributed by atoms with Crippen LogP contribution in [0.3, 0.4) is 0 Å². The molecule has 51 valence electrons. The SMILES string of the molecule is Ic1cc[c]c(C2CC2)c1. The maximum absolute atomic E-state index is 3.27. The van der Waals surface area contributed by atoms with Crippen LogP contribution >= 0.6 is 22.6 Å². The van der Waals surface area contributed by atoms with Crippen LogP contribution in [0, 0.1) is 9.64 Å². The normalized spacial score (nSPS) is 17.3. The van der Waals surface area contributed by atoms with Gasteiger partial charge in [0.05, 0.1) is 0 Å². The molecule has 0 amide bonds. The Morgan fingerprint density at radius 1 is 1.50 bits per heavy atom. The number of hydrogen-bond donors (Lipinski definition) is 0. The van der Waals surface area contributed by atoms with Gasteiger partial charge >= 0.3 is 0 Å². The van der Waals surface area contributed by atoms with Gasteiger partial charge < -0.3 is 0 Å². The van der Waals surface area contributed by atoms with Gasteiger partial charge in [0.1, 0.15) is 0 Å². The summed E-state index contributed by atoms with van der Waals surface area (Å²) in [6.45, 7) is 0. The summed E-state index contributed by atoms with van der Waals surface area (Å²) in [4.78, 5) is 0. The first-order valence-electron chi connectivity index (χ1n) is 3.53. The molecule has 0 unspecified atom stereocenters. The van der Waals surface area contributed by atoms with Crippen LogP contribution < -0.4 is 0 Å². The smallest absolute Gasteiger partial charge is 0.0133 e. The van der Waals surface area contributed by atoms with Crippen molar-refractivity contribution in [1.29, 1.82) is 0 Å². The minimum absolute atomic E-state index is 0.842. The number of benzene rings is 1. The van der Waals surface area contributed by atoms with Crippen molar-refractivity contribution in [3.63, 3.8) is 0 Å². The molecule has 0 spiro atoms. The van der Waals surface area contributed by atoms with E-state index in [1.54, 1.807) is 0 Å². The maximum atomic E-state index is 3.27. The van der Waals surface area contributed by atoms with Crippen LogP contribution in [0.4, 0.5) is 0 Å². The molecule has 0 N–H and O–H groups in total. The average molecular weight is 243 g/mol. The largest absolute Gasteiger partial charge is 0.0530 e. The Balaban J connectivity index is 2.32. The van der Waals surface area contributed by atoms with Crippen molar-refractivity contribution >= 4 is 22.6 Å². The van der Waals surface area contributed by atoms with Crippen LogP contribution in [0.25, 0.3) is 0 Å². The van der Waals surface area contributed by atoms with Crippen molar-refractivity contribution < 1.29 is 0 Å². The summed E-state index contributed by atoms with van der Waals surface area (Å²) in [5.74, 6) is 0.842. The molecule has 0 atom stereocenters. The molecule has 1 aliphatic rings. The summed E-state index contributed by atoms with van der Waals surface area (Å²) in [5, 5.41) is 0. The Labute approximate surface area is 74.8 Å². The quantitative estimate of drug-likeness (QED) is 0.665. The van der Waals surface area contributed by atoms with Crippen LogP contribution in [0.5, 0.6) is 0 Å². The highest BCUT2D eigenvalue weighted by Gasteiger charge is 2.23. The molecule has 10 heavy (non-hydrogen) atoms. The lowest BCUT2D eigenvalue weighted by molar-refractivity contribution is 1.12. The van der Waals surface area contributed by atoms with Gasteiger partial charge in [0.15, 0.2) is 0 Å². The zero-order chi connectivity index (χ0) is 6.97. The molecule has 1 heteroatoms. The summed E-state index contributed by atoms with van der Waals surface area (Å²) in [5.41, 5.74) is 1.41. The van der Waals surface area contributed by atoms with E-state index in [9.17, 15) is 0 Å². The van der Waals surface area contributed by atoms with E-state index in [0.717, 1.165) is 5.92 Å². The molecule has 1 radical (unpaired) electrons. The Morgan fingerprint density at radius 3 is 2.90 bits per heavy atom. The first-order valence-corrected chi connectivity index (χ1v) is 4.61. The highest BCUT2D eigenvalue weighted by atomic mass is 127. The van der Waals surface area contributed by atoms with E-state index >= 15 is 0 Å². The standard InChI is InChI=1S/C9H8I/c10-9-3-1-2-8(6-9)7-4-5-7/h1,3,6-7H,4-5H2. The zero-order valence-electron chi connectivity index (χ0n) is 5.60. The molecule has 1 aliphatic carbocycles. The topological polar surface area (TPSA) is 0 Å². The molecular weight excluding hydrogens is 235 g/mol. The van der Waals surface area contributed by atoms with E-state index in [1.807, 2.05) is 6.07 Å². The molecule has 1 fully saturated rings. The molecule has 1 saturated carbocycles. The lowest BCUT2D eigenvalue weighted by Crippen LogP contribution is -1.79. The fourth-order valence-electron chi connectivity index (χ4n) is 1.09. The first-order chi connectivity index (χ1) is 4.86. The molecular formula is C9H8I. The third kappa shape index (κ3) is 1.34. The second kappa shape index (κ2) is 2.53. The van der Waals surface area contributed by atoms with Crippen molar-refractivity contribution in [2.24, 2.45) is 0 Å². The molecule has 0 nitrogen and oxygen atoms in total. The van der Waals surface area contributed by atoms with E-state index in [-0.39, 0.29) is 0 Å². The molecule has 1 aromatic rings. The van der Waals surface area contributed by atoms with Gasteiger partial charge in [-0.3, -0.25) is 0 Å². The summed E-state index contributed by atoms with van der Waals surface area (Å²) >= 11 is 2.35. The van der Waals surface area contributed by atoms with E-state index < -0.39 is 0 Å². The molecule has 0 saturated heterocycles. The van der Waals surface area contributed by atoms with Crippen LogP contribution in [0.2, 0.25) is 0 Å². The van der Waals surface area contributed by atoms with Gasteiger partial charge in [0.2, 0.25) is 0 Å². The van der Waals surface area contributed by atoms with Crippen molar-refractivity contribution in [3.8, 4) is 0 Å². The Hall–Kier alpha value is -0.0500. The third-order valence-corrected chi connectivity index (χ3v) is 2.47. The van der Waals surface area contributed by atoms with Crippen LogP contribution in [-0.4, -0.2) is 0 Å². The van der Waals surface area contributed by atoms with Crippen LogP contribution in [-0.2, 0) is 0 Å². The fourth-order valence-corrected chi connectivity index (χ4v) is 1.60. The molecule has 0 heterocycles. The fraction of sp³-hybridized carbons (Fsp3) is 0.333. The van der Waals surface area contributed by atoms with Crippen LogP contribution in [0.15, 0.2) is 18.2 Å². The van der Waals surface area contributed by atoms with Crippen molar-refractivity contribution in [2.75, 3.05) is 0 Å². The second-order valence-electron chi connectivity index (χ2n) is 2.74. The Kier molecular flexibility index (Phi) is 1.68. The van der Waals surface area contributed by atoms with Gasteiger partial charge in [0.25, 0.3) is 0 Å². The maximum Gasteiger partial charge on any atom is 0.0133 e. The van der Waals surface area contributed by atoms with E-state index in [2.05, 4.69) is 40.8 Å². The summed E-state index contributed by atoms with van der Waals surface area (Å²) < 4.78 is 1.33. The van der Waals surface area contributed by atoms with Gasteiger partial charge in [0, 0.05) is 3.57 Å². The molecule has 2 rings (SSSR count). The van der Waals surface area contributed by atoms with Gasteiger partial charge in [-0.05, 0) is 65.1 Å². The van der Waals surface area contributed by atoms with E-state index in [1.165, 1.54) is 22.0 Å². The third-order valence-electron chi connectivity index (χ3n) is 1.80. The predicted molar refractivity (Wildman–Crippen MR) is 50.0 cm³/mol. The Bertz CT molecular complexity index is 238. The van der Waals surface area contributed by atoms with Gasteiger partial charge in [-0.25, -0.2) is 0 Å². The number of hydrogen-bond acceptors (Lipinski definition) is 0. The second-order valence-corrected chi connectivity index (χ2v) is 3.98. The molecule has 0 bridgehead atoms. The Morgan fingerprint density at radius 2 is 2.30 bits per heavy atom. The molecule has 0 aliphatic heterocycles. The van der Waals surface area contributed by atoms with E-state index in [4.69, 9.17) is 0 Å². The van der Waals surface area contributed by atoms with E-state index in [0.29, 0.717) is 0 Å². The minimum atomic E-state index is 0.842. The summed E-state index contributed by atoms with van der Waals surface area (Å²) in [6, 6.07) is 9.61. The highest BCUT2D eigenvalue weighted by Crippen LogP contribution is 2.39. The predicted octanol–water partition coefficient (Wildman–Crippen LogP) is 2.97. The van der Waals surface area contributed by atoms with Crippen molar-refractivity contribution in [3.05, 3.63) is 33.4 Å². The minimum Gasteiger partial charge on any atom is -0.0530 e. The highest BCUT2D eigenvalue weighted by molar-refractivity contribution is 14.1. The average Bonchev–Trinajstić information content (AvgIpc) is 2.68. The molecule has 0 aromatic heterocycles. The van der Waals surface area contributed by atoms with Gasteiger partial charge in [-0.15, -0.1) is 0 Å². The first kappa shape index (κ1) is 6.65. The van der Waals surface area contributed by atoms with Gasteiger partial charge in [-0.1, -0.05) is 6.07 Å². The van der Waals surface area contributed by atoms with Crippen molar-refractivity contribution in [1.82, 2.24) is 0 Å². The van der Waals surface area contributed by atoms with Crippen LogP contribution in [0.1, 0.15) is 24.3 Å². The van der Waals surface area contributed by atoms with Gasteiger partial charge in [-0.2, -0.15) is 0 Å². The van der Waals surface area contributed by atoms with Crippen molar-refractivity contribution in [2.45, 2.75) is 18.8 Å². The lowest BCUT2D eigenvalue weighted by atomic mass is 10.1. The number of rotatable bonds is 1. The zero-order valence-corrected chi connectivity index (χ0v) is 7.76. The number of halogens is 1. The summed E-state index contributed by atoms with van der Waals surface area (Å²) in [6.07, 6.45) is 2.74.